The van der Waals surface area contributed by atoms with Gasteiger partial charge in [-0.05, 0) is 12.1 Å². The largest absolute Gasteiger partial charge is 0.459 e. The fourth-order valence-corrected chi connectivity index (χ4v) is 3.91. The molecule has 11 nitrogen and oxygen atoms in total. The number of imidazole rings is 1. The van der Waals surface area contributed by atoms with Crippen molar-refractivity contribution in [3.8, 4) is 0 Å². The van der Waals surface area contributed by atoms with Crippen LogP contribution in [0.25, 0.3) is 11.2 Å². The Morgan fingerprint density at radius 2 is 1.82 bits per heavy atom. The molecule has 1 aliphatic rings. The third kappa shape index (κ3) is 5.15. The molecule has 4 rings (SSSR count). The summed E-state index contributed by atoms with van der Waals surface area (Å²) in [6.07, 6.45) is -0.797. The maximum absolute atomic E-state index is 12.4. The maximum atomic E-state index is 12.4. The molecule has 4 atom stereocenters. The van der Waals surface area contributed by atoms with Crippen molar-refractivity contribution in [1.29, 1.82) is 0 Å². The molecule has 0 aliphatic carbocycles. The van der Waals surface area contributed by atoms with Gasteiger partial charge in [0.15, 0.2) is 23.1 Å². The van der Waals surface area contributed by atoms with Gasteiger partial charge in [0.2, 0.25) is 0 Å². The van der Waals surface area contributed by atoms with Gasteiger partial charge < -0.3 is 18.9 Å². The summed E-state index contributed by atoms with van der Waals surface area (Å²) in [4.78, 5) is 48.4. The Labute approximate surface area is 198 Å². The topological polar surface area (TPSA) is 132 Å². The highest BCUT2D eigenvalue weighted by Crippen LogP contribution is 2.34. The van der Waals surface area contributed by atoms with Crippen molar-refractivity contribution in [3.63, 3.8) is 0 Å². The molecule has 1 aromatic carbocycles. The van der Waals surface area contributed by atoms with Gasteiger partial charge >= 0.3 is 17.9 Å². The number of esters is 3. The van der Waals surface area contributed by atoms with Gasteiger partial charge in [0.25, 0.3) is 0 Å². The van der Waals surface area contributed by atoms with Crippen LogP contribution in [0.4, 0.5) is 0 Å². The Bertz CT molecular complexity index is 1200. The van der Waals surface area contributed by atoms with Gasteiger partial charge in [-0.1, -0.05) is 29.8 Å². The first-order valence-electron chi connectivity index (χ1n) is 10.4. The van der Waals surface area contributed by atoms with Gasteiger partial charge in [-0.15, -0.1) is 0 Å². The highest BCUT2D eigenvalue weighted by Gasteiger charge is 2.45. The zero-order valence-corrected chi connectivity index (χ0v) is 19.0. The number of aromatic nitrogens is 4. The number of hydrogen-bond donors (Lipinski definition) is 0. The molecule has 0 spiro atoms. The van der Waals surface area contributed by atoms with Crippen molar-refractivity contribution in [1.82, 2.24) is 19.5 Å². The summed E-state index contributed by atoms with van der Waals surface area (Å²) in [5.74, 6) is -1.69. The van der Waals surface area contributed by atoms with E-state index in [0.29, 0.717) is 16.7 Å². The lowest BCUT2D eigenvalue weighted by molar-refractivity contribution is -0.227. The Hall–Kier alpha value is -3.57. The standard InChI is InChI=1S/C22H21ClN4O7/c1-12(28)32-16-8-15(9-31-22(30)14-6-4-3-5-7-14)34-21(18(16)33-13(2)29)27-11-26-17-19(23)24-10-25-20(17)27/h3-7,10-11,15-16,18,21H,8-9H2,1-2H3/t15-,16?,18?,21-/m1/s1. The van der Waals surface area contributed by atoms with Crippen molar-refractivity contribution in [2.24, 2.45) is 0 Å². The Balaban J connectivity index is 1.63. The molecule has 0 amide bonds. The average Bonchev–Trinajstić information content (AvgIpc) is 3.24. The summed E-state index contributed by atoms with van der Waals surface area (Å²) in [7, 11) is 0. The van der Waals surface area contributed by atoms with Gasteiger partial charge in [-0.3, -0.25) is 14.2 Å². The molecule has 0 radical (unpaired) electrons. The molecule has 12 heteroatoms. The molecular formula is C22H21ClN4O7. The van der Waals surface area contributed by atoms with E-state index in [-0.39, 0.29) is 18.2 Å². The number of benzene rings is 1. The third-order valence-corrected chi connectivity index (χ3v) is 5.37. The van der Waals surface area contributed by atoms with Crippen molar-refractivity contribution >= 4 is 40.7 Å². The van der Waals surface area contributed by atoms with E-state index >= 15 is 0 Å². The summed E-state index contributed by atoms with van der Waals surface area (Å²) in [5.41, 5.74) is 1.03. The Kier molecular flexibility index (Phi) is 7.03. The van der Waals surface area contributed by atoms with Crippen LogP contribution in [-0.4, -0.2) is 62.3 Å². The average molecular weight is 489 g/mol. The second kappa shape index (κ2) is 10.1. The van der Waals surface area contributed by atoms with Crippen LogP contribution in [0.15, 0.2) is 43.0 Å². The summed E-state index contributed by atoms with van der Waals surface area (Å²) < 4.78 is 24.1. The van der Waals surface area contributed by atoms with Crippen LogP contribution < -0.4 is 0 Å². The zero-order valence-electron chi connectivity index (χ0n) is 18.3. The maximum Gasteiger partial charge on any atom is 0.338 e. The molecule has 1 aliphatic heterocycles. The van der Waals surface area contributed by atoms with Crippen LogP contribution in [-0.2, 0) is 28.5 Å². The first-order valence-corrected chi connectivity index (χ1v) is 10.8. The summed E-state index contributed by atoms with van der Waals surface area (Å²) >= 11 is 6.12. The number of nitrogens with zero attached hydrogens (tertiary/aromatic N) is 4. The van der Waals surface area contributed by atoms with Gasteiger partial charge in [0.1, 0.15) is 24.6 Å². The van der Waals surface area contributed by atoms with E-state index in [1.165, 1.54) is 31.1 Å². The predicted molar refractivity (Wildman–Crippen MR) is 117 cm³/mol. The molecule has 3 heterocycles. The number of rotatable bonds is 6. The molecule has 1 saturated heterocycles. The lowest BCUT2D eigenvalue weighted by Gasteiger charge is -2.40. The fourth-order valence-electron chi connectivity index (χ4n) is 3.73. The van der Waals surface area contributed by atoms with Crippen molar-refractivity contribution < 1.29 is 33.3 Å². The zero-order chi connectivity index (χ0) is 24.2. The van der Waals surface area contributed by atoms with Gasteiger partial charge in [0.05, 0.1) is 18.0 Å². The molecule has 34 heavy (non-hydrogen) atoms. The van der Waals surface area contributed by atoms with Crippen molar-refractivity contribution in [2.45, 2.75) is 44.8 Å². The first kappa shape index (κ1) is 23.6. The molecule has 3 aromatic rings. The summed E-state index contributed by atoms with van der Waals surface area (Å²) in [6, 6.07) is 8.50. The number of hydrogen-bond acceptors (Lipinski definition) is 10. The van der Waals surface area contributed by atoms with E-state index in [4.69, 9.17) is 30.5 Å². The number of halogens is 1. The van der Waals surface area contributed by atoms with Crippen LogP contribution >= 0.6 is 11.6 Å². The lowest BCUT2D eigenvalue weighted by atomic mass is 10.0. The molecule has 178 valence electrons. The normalized spacial score (nSPS) is 22.2. The highest BCUT2D eigenvalue weighted by molar-refractivity contribution is 6.33. The minimum atomic E-state index is -1.02. The van der Waals surface area contributed by atoms with E-state index in [2.05, 4.69) is 15.0 Å². The molecule has 0 saturated carbocycles. The minimum absolute atomic E-state index is 0.123. The van der Waals surface area contributed by atoms with Crippen LogP contribution in [0.5, 0.6) is 0 Å². The van der Waals surface area contributed by atoms with Crippen LogP contribution in [0.1, 0.15) is 36.9 Å². The van der Waals surface area contributed by atoms with Gasteiger partial charge in [-0.25, -0.2) is 19.7 Å². The quantitative estimate of drug-likeness (QED) is 0.289. The summed E-state index contributed by atoms with van der Waals surface area (Å²) in [5, 5.41) is 0.133. The molecular weight excluding hydrogens is 468 g/mol. The third-order valence-electron chi connectivity index (χ3n) is 5.09. The number of fused-ring (bicyclic) bond motifs is 1. The lowest BCUT2D eigenvalue weighted by Crippen LogP contribution is -2.50. The van der Waals surface area contributed by atoms with Crippen LogP contribution in [0.3, 0.4) is 0 Å². The molecule has 0 bridgehead atoms. The Morgan fingerprint density at radius 1 is 1.09 bits per heavy atom. The van der Waals surface area contributed by atoms with E-state index in [1.54, 1.807) is 30.3 Å². The number of carbonyl (C=O) groups is 3. The highest BCUT2D eigenvalue weighted by atomic mass is 35.5. The van der Waals surface area contributed by atoms with E-state index in [0.717, 1.165) is 0 Å². The Morgan fingerprint density at radius 3 is 2.53 bits per heavy atom. The molecule has 1 fully saturated rings. The van der Waals surface area contributed by atoms with Crippen molar-refractivity contribution in [3.05, 3.63) is 53.7 Å². The molecule has 2 unspecified atom stereocenters. The van der Waals surface area contributed by atoms with Crippen LogP contribution in [0, 0.1) is 0 Å². The minimum Gasteiger partial charge on any atom is -0.459 e. The van der Waals surface area contributed by atoms with Gasteiger partial charge in [-0.2, -0.15) is 0 Å². The van der Waals surface area contributed by atoms with Gasteiger partial charge in [0, 0.05) is 20.3 Å². The number of carbonyl (C=O) groups excluding carboxylic acids is 3. The van der Waals surface area contributed by atoms with Crippen molar-refractivity contribution in [2.75, 3.05) is 6.61 Å². The first-order chi connectivity index (χ1) is 16.3. The fraction of sp³-hybridized carbons (Fsp3) is 0.364. The molecule has 0 N–H and O–H groups in total. The van der Waals surface area contributed by atoms with E-state index < -0.39 is 42.4 Å². The smallest absolute Gasteiger partial charge is 0.338 e. The second-order valence-corrected chi connectivity index (χ2v) is 7.92. The monoisotopic (exact) mass is 488 g/mol. The molecule has 2 aromatic heterocycles. The van der Waals surface area contributed by atoms with E-state index in [1.807, 2.05) is 0 Å². The SMILES string of the molecule is CC(=O)OC1C[C@H](COC(=O)c2ccccc2)O[C@@H](n2cnc3c(Cl)ncnc32)C1OC(C)=O. The summed E-state index contributed by atoms with van der Waals surface area (Å²) in [6.45, 7) is 2.36. The van der Waals surface area contributed by atoms with Crippen LogP contribution in [0.2, 0.25) is 5.15 Å². The number of ether oxygens (including phenoxy) is 4. The predicted octanol–water partition coefficient (Wildman–Crippen LogP) is 2.49. The second-order valence-electron chi connectivity index (χ2n) is 7.56. The van der Waals surface area contributed by atoms with E-state index in [9.17, 15) is 14.4 Å².